The number of anilines is 1. The lowest BCUT2D eigenvalue weighted by Gasteiger charge is -2.10. The number of amides is 1. The number of ketones is 1. The summed E-state index contributed by atoms with van der Waals surface area (Å²) in [4.78, 5) is 23.9. The fraction of sp³-hybridized carbons (Fsp3) is 0.250. The molecule has 1 N–H and O–H groups in total. The van der Waals surface area contributed by atoms with Crippen molar-refractivity contribution >= 4 is 29.1 Å². The molecule has 0 atom stereocenters. The van der Waals surface area contributed by atoms with Crippen molar-refractivity contribution in [1.29, 1.82) is 0 Å². The summed E-state index contributed by atoms with van der Waals surface area (Å²) in [7, 11) is 0. The van der Waals surface area contributed by atoms with E-state index in [0.717, 1.165) is 11.4 Å². The molecule has 3 aromatic rings. The van der Waals surface area contributed by atoms with Gasteiger partial charge in [0.25, 0.3) is 0 Å². The number of Topliss-reactive ketones (excluding diaryl/α,β-unsaturated/α-hetero) is 1. The second kappa shape index (κ2) is 10.2. The smallest absolute Gasteiger partial charge is 0.234 e. The fourth-order valence-electron chi connectivity index (χ4n) is 3.06. The van der Waals surface area contributed by atoms with Crippen molar-refractivity contribution in [3.63, 3.8) is 0 Å². The summed E-state index contributed by atoms with van der Waals surface area (Å²) < 4.78 is 1.95. The number of carbonyl (C=O) groups is 2. The average Bonchev–Trinajstić information content (AvgIpc) is 3.15. The number of hydrogen-bond donors (Lipinski definition) is 1. The Morgan fingerprint density at radius 3 is 2.55 bits per heavy atom. The van der Waals surface area contributed by atoms with Crippen LogP contribution in [0.25, 0.3) is 11.4 Å². The minimum Gasteiger partial charge on any atom is -0.325 e. The molecule has 0 aliphatic carbocycles. The molecule has 0 radical (unpaired) electrons. The molecule has 2 aromatic carbocycles. The molecule has 0 fully saturated rings. The van der Waals surface area contributed by atoms with E-state index in [9.17, 15) is 9.59 Å². The maximum Gasteiger partial charge on any atom is 0.234 e. The summed E-state index contributed by atoms with van der Waals surface area (Å²) in [6.45, 7) is 10.2. The number of benzene rings is 2. The number of nitrogens with one attached hydrogen (secondary N) is 1. The number of hydrogen-bond acceptors (Lipinski definition) is 5. The Hall–Kier alpha value is -3.19. The predicted octanol–water partition coefficient (Wildman–Crippen LogP) is 5.19. The van der Waals surface area contributed by atoms with Gasteiger partial charge in [0.1, 0.15) is 0 Å². The van der Waals surface area contributed by atoms with E-state index in [1.807, 2.05) is 16.7 Å². The van der Waals surface area contributed by atoms with Crippen molar-refractivity contribution in [3.8, 4) is 11.4 Å². The molecule has 0 bridgehead atoms. The number of allylic oxidation sites excluding steroid dienone is 1. The van der Waals surface area contributed by atoms with Gasteiger partial charge >= 0.3 is 0 Å². The monoisotopic (exact) mass is 434 g/mol. The van der Waals surface area contributed by atoms with E-state index in [0.29, 0.717) is 28.9 Å². The van der Waals surface area contributed by atoms with Crippen LogP contribution in [0.15, 0.2) is 66.3 Å². The Bertz CT molecular complexity index is 1090. The first-order chi connectivity index (χ1) is 14.9. The van der Waals surface area contributed by atoms with Crippen LogP contribution in [0, 0.1) is 0 Å². The molecule has 1 amide bonds. The SMILES string of the molecule is C=CCn1c(SCC(=O)Nc2cccc(C(C)=O)c2)nnc1-c1ccc(C(C)C)cc1. The first-order valence-corrected chi connectivity index (χ1v) is 11.1. The molecule has 6 nitrogen and oxygen atoms in total. The number of nitrogens with zero attached hydrogens (tertiary/aromatic N) is 3. The van der Waals surface area contributed by atoms with E-state index in [1.165, 1.54) is 24.2 Å². The van der Waals surface area contributed by atoms with Gasteiger partial charge in [0, 0.05) is 23.4 Å². The van der Waals surface area contributed by atoms with Crippen LogP contribution in [0.2, 0.25) is 0 Å². The molecule has 0 saturated heterocycles. The molecule has 0 aliphatic rings. The van der Waals surface area contributed by atoms with Crippen LogP contribution in [-0.4, -0.2) is 32.2 Å². The van der Waals surface area contributed by atoms with Gasteiger partial charge < -0.3 is 5.32 Å². The molecule has 31 heavy (non-hydrogen) atoms. The maximum atomic E-state index is 12.4. The molecule has 7 heteroatoms. The van der Waals surface area contributed by atoms with E-state index in [-0.39, 0.29) is 17.4 Å². The zero-order valence-electron chi connectivity index (χ0n) is 18.0. The first-order valence-electron chi connectivity index (χ1n) is 10.1. The van der Waals surface area contributed by atoms with E-state index >= 15 is 0 Å². The van der Waals surface area contributed by atoms with Gasteiger partial charge in [-0.3, -0.25) is 14.2 Å². The van der Waals surface area contributed by atoms with Gasteiger partial charge in [0.15, 0.2) is 16.8 Å². The summed E-state index contributed by atoms with van der Waals surface area (Å²) in [5, 5.41) is 12.1. The van der Waals surface area contributed by atoms with Crippen molar-refractivity contribution in [2.24, 2.45) is 0 Å². The van der Waals surface area contributed by atoms with Crippen LogP contribution in [-0.2, 0) is 11.3 Å². The zero-order valence-corrected chi connectivity index (χ0v) is 18.8. The molecular formula is C24H26N4O2S. The van der Waals surface area contributed by atoms with Crippen LogP contribution in [0.5, 0.6) is 0 Å². The molecule has 0 saturated carbocycles. The van der Waals surface area contributed by atoms with Gasteiger partial charge in [0.05, 0.1) is 5.75 Å². The van der Waals surface area contributed by atoms with Crippen molar-refractivity contribution in [2.45, 2.75) is 38.4 Å². The first kappa shape index (κ1) is 22.5. The molecule has 160 valence electrons. The number of thioether (sulfide) groups is 1. The van der Waals surface area contributed by atoms with Gasteiger partial charge in [-0.25, -0.2) is 0 Å². The highest BCUT2D eigenvalue weighted by Gasteiger charge is 2.15. The van der Waals surface area contributed by atoms with Crippen LogP contribution in [0.4, 0.5) is 5.69 Å². The molecule has 0 aliphatic heterocycles. The molecule has 0 unspecified atom stereocenters. The minimum absolute atomic E-state index is 0.0445. The Balaban J connectivity index is 1.71. The summed E-state index contributed by atoms with van der Waals surface area (Å²) in [6.07, 6.45) is 1.78. The van der Waals surface area contributed by atoms with Crippen molar-refractivity contribution in [3.05, 3.63) is 72.3 Å². The summed E-state index contributed by atoms with van der Waals surface area (Å²) in [5.74, 6) is 1.15. The van der Waals surface area contributed by atoms with Gasteiger partial charge in [-0.05, 0) is 30.5 Å². The zero-order chi connectivity index (χ0) is 22.4. The second-order valence-corrected chi connectivity index (χ2v) is 8.40. The minimum atomic E-state index is -0.179. The van der Waals surface area contributed by atoms with Crippen molar-refractivity contribution in [2.75, 3.05) is 11.1 Å². The highest BCUT2D eigenvalue weighted by molar-refractivity contribution is 7.99. The number of rotatable bonds is 9. The molecule has 1 heterocycles. The topological polar surface area (TPSA) is 76.9 Å². The predicted molar refractivity (Wildman–Crippen MR) is 126 cm³/mol. The molecule has 1 aromatic heterocycles. The Morgan fingerprint density at radius 1 is 1.16 bits per heavy atom. The van der Waals surface area contributed by atoms with E-state index < -0.39 is 0 Å². The maximum absolute atomic E-state index is 12.4. The average molecular weight is 435 g/mol. The van der Waals surface area contributed by atoms with Crippen molar-refractivity contribution < 1.29 is 9.59 Å². The van der Waals surface area contributed by atoms with E-state index in [1.54, 1.807) is 30.3 Å². The molecule has 3 rings (SSSR count). The Labute approximate surface area is 186 Å². The Morgan fingerprint density at radius 2 is 1.90 bits per heavy atom. The van der Waals surface area contributed by atoms with E-state index in [2.05, 4.69) is 48.1 Å². The third kappa shape index (κ3) is 5.70. The highest BCUT2D eigenvalue weighted by atomic mass is 32.2. The number of aromatic nitrogens is 3. The quantitative estimate of drug-likeness (QED) is 0.285. The van der Waals surface area contributed by atoms with Gasteiger partial charge in [-0.15, -0.1) is 16.8 Å². The summed E-state index contributed by atoms with van der Waals surface area (Å²) in [6, 6.07) is 15.2. The molecular weight excluding hydrogens is 408 g/mol. The van der Waals surface area contributed by atoms with E-state index in [4.69, 9.17) is 0 Å². The third-order valence-electron chi connectivity index (χ3n) is 4.75. The lowest BCUT2D eigenvalue weighted by Crippen LogP contribution is -2.15. The standard InChI is InChI=1S/C24H26N4O2S/c1-5-13-28-23(19-11-9-18(10-12-19)16(2)3)26-27-24(28)31-15-22(30)25-21-8-6-7-20(14-21)17(4)29/h5-12,14,16H,1,13,15H2,2-4H3,(H,25,30). The van der Waals surface area contributed by atoms with Gasteiger partial charge in [0.2, 0.25) is 5.91 Å². The highest BCUT2D eigenvalue weighted by Crippen LogP contribution is 2.26. The van der Waals surface area contributed by atoms with Gasteiger partial charge in [-0.2, -0.15) is 0 Å². The van der Waals surface area contributed by atoms with Crippen molar-refractivity contribution in [1.82, 2.24) is 14.8 Å². The van der Waals surface area contributed by atoms with Crippen LogP contribution >= 0.6 is 11.8 Å². The normalized spacial score (nSPS) is 10.8. The lowest BCUT2D eigenvalue weighted by molar-refractivity contribution is -0.113. The largest absolute Gasteiger partial charge is 0.325 e. The van der Waals surface area contributed by atoms with Crippen LogP contribution in [0.1, 0.15) is 42.6 Å². The fourth-order valence-corrected chi connectivity index (χ4v) is 3.81. The lowest BCUT2D eigenvalue weighted by atomic mass is 10.0. The van der Waals surface area contributed by atoms with Crippen LogP contribution < -0.4 is 5.32 Å². The third-order valence-corrected chi connectivity index (χ3v) is 5.72. The number of carbonyl (C=O) groups excluding carboxylic acids is 2. The molecule has 0 spiro atoms. The van der Waals surface area contributed by atoms with Crippen LogP contribution in [0.3, 0.4) is 0 Å². The van der Waals surface area contributed by atoms with Gasteiger partial charge in [-0.1, -0.05) is 68.1 Å². The summed E-state index contributed by atoms with van der Waals surface area (Å²) in [5.41, 5.74) is 3.39. The second-order valence-electron chi connectivity index (χ2n) is 7.46. The summed E-state index contributed by atoms with van der Waals surface area (Å²) >= 11 is 1.31. The Kier molecular flexibility index (Phi) is 7.41.